The van der Waals surface area contributed by atoms with Gasteiger partial charge < -0.3 is 15.5 Å². The number of hydrogen-bond acceptors (Lipinski definition) is 3. The molecule has 0 saturated carbocycles. The lowest BCUT2D eigenvalue weighted by molar-refractivity contribution is 0.194. The maximum absolute atomic E-state index is 12.6. The van der Waals surface area contributed by atoms with Crippen LogP contribution in [-0.4, -0.2) is 35.5 Å². The molecule has 2 aliphatic rings. The Morgan fingerprint density at radius 3 is 2.76 bits per heavy atom. The topological polar surface area (TPSA) is 57.3 Å². The molecule has 0 atom stereocenters. The molecule has 2 aromatic rings. The third-order valence-corrected chi connectivity index (χ3v) is 5.25. The molecule has 4 rings (SSSR count). The number of carbonyl (C=O) groups is 1. The summed E-state index contributed by atoms with van der Waals surface area (Å²) in [4.78, 5) is 18.6. The Balaban J connectivity index is 1.35. The molecule has 0 spiro atoms. The summed E-state index contributed by atoms with van der Waals surface area (Å²) in [7, 11) is 0. The quantitative estimate of drug-likeness (QED) is 0.876. The lowest BCUT2D eigenvalue weighted by Crippen LogP contribution is -2.40. The largest absolute Gasteiger partial charge is 0.385 e. The monoisotopic (exact) mass is 336 g/mol. The zero-order chi connectivity index (χ0) is 17.1. The van der Waals surface area contributed by atoms with Gasteiger partial charge in [-0.1, -0.05) is 0 Å². The number of likely N-dealkylation sites (tertiary alicyclic amines) is 1. The van der Waals surface area contributed by atoms with Gasteiger partial charge in [-0.05, 0) is 73.1 Å². The minimum atomic E-state index is 0.0110. The minimum absolute atomic E-state index is 0.0110. The highest BCUT2D eigenvalue weighted by molar-refractivity contribution is 5.90. The first-order valence-electron chi connectivity index (χ1n) is 9.12. The highest BCUT2D eigenvalue weighted by atomic mass is 16.2. The van der Waals surface area contributed by atoms with Crippen molar-refractivity contribution in [3.8, 4) is 0 Å². The molecule has 5 heteroatoms. The molecule has 5 nitrogen and oxygen atoms in total. The van der Waals surface area contributed by atoms with Gasteiger partial charge in [0, 0.05) is 43.4 Å². The van der Waals surface area contributed by atoms with Crippen molar-refractivity contribution >= 4 is 17.4 Å². The summed E-state index contributed by atoms with van der Waals surface area (Å²) in [5, 5.41) is 6.46. The first-order chi connectivity index (χ1) is 12.3. The number of nitrogens with one attached hydrogen (secondary N) is 2. The molecular weight excluding hydrogens is 312 g/mol. The first-order valence-corrected chi connectivity index (χ1v) is 9.12. The third-order valence-electron chi connectivity index (χ3n) is 5.25. The lowest BCUT2D eigenvalue weighted by Gasteiger charge is -2.32. The molecular formula is C20H24N4O. The van der Waals surface area contributed by atoms with E-state index in [2.05, 4.69) is 39.9 Å². The molecule has 1 aromatic carbocycles. The second-order valence-corrected chi connectivity index (χ2v) is 6.87. The van der Waals surface area contributed by atoms with E-state index in [0.29, 0.717) is 5.92 Å². The molecule has 1 fully saturated rings. The second kappa shape index (κ2) is 7.13. The summed E-state index contributed by atoms with van der Waals surface area (Å²) in [5.41, 5.74) is 4.71. The zero-order valence-corrected chi connectivity index (χ0v) is 14.4. The molecule has 0 radical (unpaired) electrons. The molecule has 2 amide bonds. The number of aryl methyl sites for hydroxylation is 1. The second-order valence-electron chi connectivity index (χ2n) is 6.87. The number of fused-ring (bicyclic) bond motifs is 1. The predicted molar refractivity (Wildman–Crippen MR) is 100 cm³/mol. The van der Waals surface area contributed by atoms with E-state index < -0.39 is 0 Å². The van der Waals surface area contributed by atoms with Crippen molar-refractivity contribution in [1.29, 1.82) is 0 Å². The number of benzene rings is 1. The normalized spacial score (nSPS) is 17.5. The van der Waals surface area contributed by atoms with Crippen molar-refractivity contribution in [2.24, 2.45) is 0 Å². The Morgan fingerprint density at radius 2 is 1.96 bits per heavy atom. The van der Waals surface area contributed by atoms with Crippen molar-refractivity contribution in [3.63, 3.8) is 0 Å². The van der Waals surface area contributed by atoms with Gasteiger partial charge in [0.25, 0.3) is 0 Å². The van der Waals surface area contributed by atoms with E-state index in [4.69, 9.17) is 0 Å². The Bertz CT molecular complexity index is 739. The molecule has 3 heterocycles. The fourth-order valence-corrected chi connectivity index (χ4v) is 3.81. The van der Waals surface area contributed by atoms with Crippen molar-refractivity contribution < 1.29 is 4.79 Å². The van der Waals surface area contributed by atoms with Crippen LogP contribution in [-0.2, 0) is 6.42 Å². The Hall–Kier alpha value is -2.56. The van der Waals surface area contributed by atoms with Crippen LogP contribution in [0.5, 0.6) is 0 Å². The van der Waals surface area contributed by atoms with Crippen molar-refractivity contribution in [1.82, 2.24) is 9.88 Å². The number of nitrogens with zero attached hydrogens (tertiary/aromatic N) is 2. The average Bonchev–Trinajstić information content (AvgIpc) is 2.69. The fourth-order valence-electron chi connectivity index (χ4n) is 3.81. The lowest BCUT2D eigenvalue weighted by atomic mass is 9.90. The summed E-state index contributed by atoms with van der Waals surface area (Å²) < 4.78 is 0. The SMILES string of the molecule is O=C(Nc1ccc2c(c1)CCCN2)N1CCC(c2ccncc2)CC1. The van der Waals surface area contributed by atoms with Crippen LogP contribution >= 0.6 is 0 Å². The maximum atomic E-state index is 12.6. The van der Waals surface area contributed by atoms with E-state index >= 15 is 0 Å². The molecule has 130 valence electrons. The fraction of sp³-hybridized carbons (Fsp3) is 0.400. The van der Waals surface area contributed by atoms with Crippen LogP contribution in [0.15, 0.2) is 42.7 Å². The number of amides is 2. The Kier molecular flexibility index (Phi) is 4.55. The van der Waals surface area contributed by atoms with E-state index in [1.165, 1.54) is 16.8 Å². The molecule has 0 unspecified atom stereocenters. The van der Waals surface area contributed by atoms with Crippen LogP contribution in [0.1, 0.15) is 36.3 Å². The van der Waals surface area contributed by atoms with Gasteiger partial charge >= 0.3 is 6.03 Å². The molecule has 1 saturated heterocycles. The smallest absolute Gasteiger partial charge is 0.321 e. The summed E-state index contributed by atoms with van der Waals surface area (Å²) in [6.45, 7) is 2.63. The number of rotatable bonds is 2. The summed E-state index contributed by atoms with van der Waals surface area (Å²) in [5.74, 6) is 0.530. The van der Waals surface area contributed by atoms with Gasteiger partial charge in [0.2, 0.25) is 0 Å². The predicted octanol–water partition coefficient (Wildman–Crippen LogP) is 3.85. The first kappa shape index (κ1) is 15.9. The number of anilines is 2. The molecule has 2 aliphatic heterocycles. The van der Waals surface area contributed by atoms with Crippen LogP contribution in [0.25, 0.3) is 0 Å². The number of urea groups is 1. The zero-order valence-electron chi connectivity index (χ0n) is 14.4. The average molecular weight is 336 g/mol. The summed E-state index contributed by atoms with van der Waals surface area (Å²) in [6, 6.07) is 10.3. The van der Waals surface area contributed by atoms with Gasteiger partial charge in [0.1, 0.15) is 0 Å². The third kappa shape index (κ3) is 3.60. The molecule has 0 bridgehead atoms. The van der Waals surface area contributed by atoms with Gasteiger partial charge in [-0.25, -0.2) is 4.79 Å². The molecule has 0 aliphatic carbocycles. The molecule has 25 heavy (non-hydrogen) atoms. The van der Waals surface area contributed by atoms with E-state index in [-0.39, 0.29) is 6.03 Å². The van der Waals surface area contributed by atoms with E-state index in [0.717, 1.165) is 51.0 Å². The van der Waals surface area contributed by atoms with Crippen LogP contribution in [0, 0.1) is 0 Å². The van der Waals surface area contributed by atoms with Crippen molar-refractivity contribution in [2.45, 2.75) is 31.6 Å². The Labute approximate surface area is 148 Å². The van der Waals surface area contributed by atoms with Gasteiger partial charge in [-0.15, -0.1) is 0 Å². The summed E-state index contributed by atoms with van der Waals surface area (Å²) >= 11 is 0. The van der Waals surface area contributed by atoms with Crippen LogP contribution < -0.4 is 10.6 Å². The maximum Gasteiger partial charge on any atom is 0.321 e. The van der Waals surface area contributed by atoms with E-state index in [1.807, 2.05) is 23.4 Å². The van der Waals surface area contributed by atoms with Gasteiger partial charge in [0.05, 0.1) is 0 Å². The van der Waals surface area contributed by atoms with Gasteiger partial charge in [-0.3, -0.25) is 4.98 Å². The highest BCUT2D eigenvalue weighted by Crippen LogP contribution is 2.28. The van der Waals surface area contributed by atoms with E-state index in [9.17, 15) is 4.79 Å². The number of piperidine rings is 1. The van der Waals surface area contributed by atoms with Crippen LogP contribution in [0.3, 0.4) is 0 Å². The molecule has 1 aromatic heterocycles. The standard InChI is InChI=1S/C20H24N4O/c25-20(23-18-3-4-19-17(14-18)2-1-9-22-19)24-12-7-16(8-13-24)15-5-10-21-11-6-15/h3-6,10-11,14,16,22H,1-2,7-9,12-13H2,(H,23,25). The van der Waals surface area contributed by atoms with Crippen molar-refractivity contribution in [3.05, 3.63) is 53.9 Å². The van der Waals surface area contributed by atoms with Gasteiger partial charge in [0.15, 0.2) is 0 Å². The van der Waals surface area contributed by atoms with E-state index in [1.54, 1.807) is 0 Å². The van der Waals surface area contributed by atoms with Gasteiger partial charge in [-0.2, -0.15) is 0 Å². The molecule has 2 N–H and O–H groups in total. The highest BCUT2D eigenvalue weighted by Gasteiger charge is 2.24. The van der Waals surface area contributed by atoms with Crippen LogP contribution in [0.4, 0.5) is 16.2 Å². The number of pyridine rings is 1. The van der Waals surface area contributed by atoms with Crippen LogP contribution in [0.2, 0.25) is 0 Å². The summed E-state index contributed by atoms with van der Waals surface area (Å²) in [6.07, 6.45) is 7.92. The Morgan fingerprint density at radius 1 is 1.16 bits per heavy atom. The number of carbonyl (C=O) groups excluding carboxylic acids is 1. The number of aromatic nitrogens is 1. The number of hydrogen-bond donors (Lipinski definition) is 2. The minimum Gasteiger partial charge on any atom is -0.385 e. The van der Waals surface area contributed by atoms with Crippen molar-refractivity contribution in [2.75, 3.05) is 30.3 Å².